The van der Waals surface area contributed by atoms with Crippen molar-refractivity contribution < 1.29 is 14.3 Å². The summed E-state index contributed by atoms with van der Waals surface area (Å²) in [7, 11) is 0. The highest BCUT2D eigenvalue weighted by Crippen LogP contribution is 2.15. The van der Waals surface area contributed by atoms with E-state index in [0.717, 1.165) is 63.3 Å². The average Bonchev–Trinajstić information content (AvgIpc) is 2.89. The predicted octanol–water partition coefficient (Wildman–Crippen LogP) is 4.49. The summed E-state index contributed by atoms with van der Waals surface area (Å²) < 4.78 is 5.89. The van der Waals surface area contributed by atoms with Crippen molar-refractivity contribution in [2.24, 2.45) is 0 Å². The lowest BCUT2D eigenvalue weighted by Crippen LogP contribution is -2.42. The van der Waals surface area contributed by atoms with Gasteiger partial charge in [0.25, 0.3) is 5.91 Å². The molecule has 0 spiro atoms. The van der Waals surface area contributed by atoms with Crippen molar-refractivity contribution in [1.29, 1.82) is 0 Å². The molecule has 0 saturated carbocycles. The number of carbonyl (C=O) groups excluding carboxylic acids is 2. The molecule has 0 radical (unpaired) electrons. The van der Waals surface area contributed by atoms with Crippen LogP contribution in [-0.4, -0.2) is 62.0 Å². The number of ether oxygens (including phenoxy) is 1. The third-order valence-electron chi connectivity index (χ3n) is 6.08. The van der Waals surface area contributed by atoms with Gasteiger partial charge in [0.15, 0.2) is 5.78 Å². The van der Waals surface area contributed by atoms with Crippen LogP contribution in [0.15, 0.2) is 54.6 Å². The average molecular weight is 482 g/mol. The Kier molecular flexibility index (Phi) is 13.7. The fourth-order valence-electron chi connectivity index (χ4n) is 3.92. The Bertz CT molecular complexity index is 851. The maximum atomic E-state index is 13.0. The quantitative estimate of drug-likeness (QED) is 0.307. The Morgan fingerprint density at radius 1 is 0.914 bits per heavy atom. The number of nitrogens with one attached hydrogen (secondary N) is 2. The number of amides is 1. The first-order valence-electron chi connectivity index (χ1n) is 13.1. The number of nitrogens with zero attached hydrogens (tertiary/aromatic N) is 1. The van der Waals surface area contributed by atoms with Gasteiger partial charge < -0.3 is 20.3 Å². The molecule has 1 atom stereocenters. The van der Waals surface area contributed by atoms with Gasteiger partial charge in [-0.05, 0) is 81.7 Å². The van der Waals surface area contributed by atoms with Gasteiger partial charge in [0.2, 0.25) is 0 Å². The van der Waals surface area contributed by atoms with Crippen molar-refractivity contribution in [3.8, 4) is 5.75 Å². The topological polar surface area (TPSA) is 70.7 Å². The molecule has 35 heavy (non-hydrogen) atoms. The van der Waals surface area contributed by atoms with Gasteiger partial charge in [-0.1, -0.05) is 51.1 Å². The summed E-state index contributed by atoms with van der Waals surface area (Å²) >= 11 is 0. The highest BCUT2D eigenvalue weighted by Gasteiger charge is 2.21. The lowest BCUT2D eigenvalue weighted by atomic mass is 9.99. The lowest BCUT2D eigenvalue weighted by Gasteiger charge is -2.19. The van der Waals surface area contributed by atoms with E-state index >= 15 is 0 Å². The third kappa shape index (κ3) is 11.1. The lowest BCUT2D eigenvalue weighted by molar-refractivity contribution is -0.121. The zero-order valence-corrected chi connectivity index (χ0v) is 21.7. The number of hydrogen-bond donors (Lipinski definition) is 2. The molecular weight excluding hydrogens is 438 g/mol. The summed E-state index contributed by atoms with van der Waals surface area (Å²) in [5.74, 6) is 0.664. The van der Waals surface area contributed by atoms with Gasteiger partial charge in [-0.3, -0.25) is 9.59 Å². The Hall–Kier alpha value is -2.70. The predicted molar refractivity (Wildman–Crippen MR) is 143 cm³/mol. The van der Waals surface area contributed by atoms with Gasteiger partial charge in [-0.2, -0.15) is 0 Å². The molecule has 0 aliphatic carbocycles. The van der Waals surface area contributed by atoms with Crippen LogP contribution in [0.2, 0.25) is 0 Å². The molecule has 1 unspecified atom stereocenters. The second-order valence-electron chi connectivity index (χ2n) is 8.79. The van der Waals surface area contributed by atoms with Crippen LogP contribution >= 0.6 is 0 Å². The number of benzene rings is 2. The molecule has 2 aromatic carbocycles. The number of ketones is 1. The molecule has 0 fully saturated rings. The third-order valence-corrected chi connectivity index (χ3v) is 6.08. The van der Waals surface area contributed by atoms with Crippen LogP contribution in [0.4, 0.5) is 0 Å². The molecule has 0 aromatic heterocycles. The fraction of sp³-hybridized carbons (Fsp3) is 0.517. The van der Waals surface area contributed by atoms with E-state index in [9.17, 15) is 9.59 Å². The maximum Gasteiger partial charge on any atom is 0.251 e. The van der Waals surface area contributed by atoms with Gasteiger partial charge >= 0.3 is 0 Å². The smallest absolute Gasteiger partial charge is 0.251 e. The zero-order chi connectivity index (χ0) is 25.3. The molecule has 1 amide bonds. The molecule has 2 rings (SSSR count). The summed E-state index contributed by atoms with van der Waals surface area (Å²) in [5.41, 5.74) is 1.56. The molecule has 0 heterocycles. The minimum absolute atomic E-state index is 0.0595. The number of Topliss-reactive ketones (excluding diaryl/α,β-unsaturated/α-hetero) is 1. The SMILES string of the molecule is CCCNCCCC(=O)C(Cc1ccc(OCCCN(CC)CC)cc1)NC(=O)c1ccccc1. The van der Waals surface area contributed by atoms with E-state index in [1.807, 2.05) is 42.5 Å². The van der Waals surface area contributed by atoms with Crippen LogP contribution in [0.3, 0.4) is 0 Å². The van der Waals surface area contributed by atoms with Crippen LogP contribution in [0.1, 0.15) is 62.4 Å². The molecule has 2 aromatic rings. The van der Waals surface area contributed by atoms with Crippen LogP contribution < -0.4 is 15.4 Å². The Morgan fingerprint density at radius 3 is 2.29 bits per heavy atom. The zero-order valence-electron chi connectivity index (χ0n) is 21.7. The maximum absolute atomic E-state index is 13.0. The molecule has 0 aliphatic rings. The van der Waals surface area contributed by atoms with Crippen LogP contribution in [0.25, 0.3) is 0 Å². The summed E-state index contributed by atoms with van der Waals surface area (Å²) in [6.45, 7) is 12.0. The first kappa shape index (κ1) is 28.5. The van der Waals surface area contributed by atoms with E-state index in [0.29, 0.717) is 25.0 Å². The Morgan fingerprint density at radius 2 is 1.63 bits per heavy atom. The number of hydrogen-bond acceptors (Lipinski definition) is 5. The van der Waals surface area contributed by atoms with E-state index in [4.69, 9.17) is 4.74 Å². The molecule has 0 bridgehead atoms. The molecule has 6 nitrogen and oxygen atoms in total. The van der Waals surface area contributed by atoms with Crippen LogP contribution in [-0.2, 0) is 11.2 Å². The monoisotopic (exact) mass is 481 g/mol. The fourth-order valence-corrected chi connectivity index (χ4v) is 3.92. The van der Waals surface area contributed by atoms with Gasteiger partial charge in [0, 0.05) is 18.5 Å². The molecule has 6 heteroatoms. The first-order chi connectivity index (χ1) is 17.1. The van der Waals surface area contributed by atoms with Crippen molar-refractivity contribution in [1.82, 2.24) is 15.5 Å². The van der Waals surface area contributed by atoms with E-state index < -0.39 is 6.04 Å². The second kappa shape index (κ2) is 16.8. The minimum Gasteiger partial charge on any atom is -0.494 e. The highest BCUT2D eigenvalue weighted by molar-refractivity contribution is 5.98. The number of rotatable bonds is 18. The van der Waals surface area contributed by atoms with E-state index in [1.165, 1.54) is 0 Å². The molecule has 0 aliphatic heterocycles. The van der Waals surface area contributed by atoms with Crippen molar-refractivity contribution in [2.45, 2.75) is 58.9 Å². The van der Waals surface area contributed by atoms with Gasteiger partial charge in [0.1, 0.15) is 5.75 Å². The van der Waals surface area contributed by atoms with Gasteiger partial charge in [-0.25, -0.2) is 0 Å². The normalized spacial score (nSPS) is 11.9. The second-order valence-corrected chi connectivity index (χ2v) is 8.79. The summed E-state index contributed by atoms with van der Waals surface area (Å²) in [4.78, 5) is 28.2. The minimum atomic E-state index is -0.560. The van der Waals surface area contributed by atoms with Crippen molar-refractivity contribution in [2.75, 3.05) is 39.3 Å². The highest BCUT2D eigenvalue weighted by atomic mass is 16.5. The molecular formula is C29H43N3O3. The van der Waals surface area contributed by atoms with Crippen LogP contribution in [0.5, 0.6) is 5.75 Å². The van der Waals surface area contributed by atoms with E-state index in [2.05, 4.69) is 36.3 Å². The van der Waals surface area contributed by atoms with Crippen molar-refractivity contribution in [3.05, 3.63) is 65.7 Å². The van der Waals surface area contributed by atoms with Gasteiger partial charge in [-0.15, -0.1) is 0 Å². The van der Waals surface area contributed by atoms with E-state index in [1.54, 1.807) is 12.1 Å². The van der Waals surface area contributed by atoms with E-state index in [-0.39, 0.29) is 11.7 Å². The van der Waals surface area contributed by atoms with Crippen molar-refractivity contribution >= 4 is 11.7 Å². The molecule has 0 saturated heterocycles. The van der Waals surface area contributed by atoms with Gasteiger partial charge in [0.05, 0.1) is 12.6 Å². The summed E-state index contributed by atoms with van der Waals surface area (Å²) in [6, 6.07) is 16.3. The Balaban J connectivity index is 1.94. The van der Waals surface area contributed by atoms with Crippen LogP contribution in [0, 0.1) is 0 Å². The molecule has 2 N–H and O–H groups in total. The Labute approximate surface area is 211 Å². The van der Waals surface area contributed by atoms with Crippen molar-refractivity contribution in [3.63, 3.8) is 0 Å². The first-order valence-corrected chi connectivity index (χ1v) is 13.1. The number of carbonyl (C=O) groups is 2. The summed E-state index contributed by atoms with van der Waals surface area (Å²) in [6.07, 6.45) is 3.71. The summed E-state index contributed by atoms with van der Waals surface area (Å²) in [5, 5.41) is 6.30. The largest absolute Gasteiger partial charge is 0.494 e. The molecule has 192 valence electrons. The standard InChI is InChI=1S/C29H43N3O3/c1-4-19-30-20-10-14-28(33)27(31-29(34)25-12-8-7-9-13-25)23-24-15-17-26(18-16-24)35-22-11-21-32(5-2)6-3/h7-9,12-13,15-18,27,30H,4-6,10-11,14,19-23H2,1-3H3,(H,31,34).